The minimum Gasteiger partial charge on any atom is -0.403 e. The van der Waals surface area contributed by atoms with Crippen molar-refractivity contribution in [1.82, 2.24) is 20.6 Å². The summed E-state index contributed by atoms with van der Waals surface area (Å²) in [5.74, 6) is 5.62. The van der Waals surface area contributed by atoms with E-state index in [0.717, 1.165) is 60.5 Å². The Hall–Kier alpha value is -3.32. The van der Waals surface area contributed by atoms with Crippen molar-refractivity contribution in [2.75, 3.05) is 13.1 Å². The molecule has 1 unspecified atom stereocenters. The zero-order chi connectivity index (χ0) is 26.2. The van der Waals surface area contributed by atoms with Crippen LogP contribution < -0.4 is 22.3 Å². The molecule has 1 saturated heterocycles. The third-order valence-electron chi connectivity index (χ3n) is 5.76. The number of allylic oxidation sites excluding steroid dienone is 2. The number of nitrogens with one attached hydrogen (secondary N) is 2. The van der Waals surface area contributed by atoms with Crippen LogP contribution in [0.15, 0.2) is 91.7 Å². The highest BCUT2D eigenvalue weighted by atomic mass is 19.1. The Labute approximate surface area is 211 Å². The summed E-state index contributed by atoms with van der Waals surface area (Å²) in [6.45, 7) is 21.5. The van der Waals surface area contributed by atoms with E-state index in [1.54, 1.807) is 12.1 Å². The first-order valence-electron chi connectivity index (χ1n) is 12.2. The third-order valence-corrected chi connectivity index (χ3v) is 5.76. The average Bonchev–Trinajstić information content (AvgIpc) is 3.61. The van der Waals surface area contributed by atoms with E-state index >= 15 is 0 Å². The summed E-state index contributed by atoms with van der Waals surface area (Å²) in [6.07, 6.45) is 13.5. The van der Waals surface area contributed by atoms with Gasteiger partial charge in [0.1, 0.15) is 0 Å². The number of likely N-dealkylation sites (tertiary alicyclic amines) is 1. The lowest BCUT2D eigenvalue weighted by atomic mass is 10.1. The van der Waals surface area contributed by atoms with Gasteiger partial charge in [-0.3, -0.25) is 5.84 Å². The predicted molar refractivity (Wildman–Crippen MR) is 146 cm³/mol. The quantitative estimate of drug-likeness (QED) is 0.151. The van der Waals surface area contributed by atoms with Gasteiger partial charge < -0.3 is 21.4 Å². The van der Waals surface area contributed by atoms with E-state index in [1.165, 1.54) is 12.4 Å². The molecule has 0 spiro atoms. The highest BCUT2D eigenvalue weighted by molar-refractivity contribution is 5.25. The Morgan fingerprint density at radius 3 is 2.51 bits per heavy atom. The molecule has 0 radical (unpaired) electrons. The normalized spacial score (nSPS) is 17.3. The average molecular weight is 483 g/mol. The zero-order valence-corrected chi connectivity index (χ0v) is 21.4. The number of nitrogens with zero attached hydrogens (tertiary/aromatic N) is 2. The maximum Gasteiger partial charge on any atom is 0.216 e. The Morgan fingerprint density at radius 2 is 1.97 bits per heavy atom. The lowest BCUT2D eigenvalue weighted by molar-refractivity contribution is 0.337. The molecule has 192 valence electrons. The molecule has 1 aromatic heterocycles. The Kier molecular flexibility index (Phi) is 13.9. The number of halogens is 1. The van der Waals surface area contributed by atoms with Crippen molar-refractivity contribution < 1.29 is 4.39 Å². The standard InChI is InChI=1S/C18H29N5.C8H8FN.C2H6/c1-5-8-16(6-2)13-21-15(4)18-9-7-10-23(18)14(3)11-17(12-19)22-20;9-8-7(6-3-4-6)2-1-5-10-8;1-2/h5-6,8,12,18,21-22H,1-4,7,9-11,13,19-20H2;1-2,5-6H,3-4H2;1-2H3/b16-8+,17-12-;;. The molecule has 1 aromatic rings. The Balaban J connectivity index is 0.000000418. The second kappa shape index (κ2) is 16.3. The smallest absolute Gasteiger partial charge is 0.216 e. The second-order valence-corrected chi connectivity index (χ2v) is 8.15. The maximum absolute atomic E-state index is 12.8. The van der Waals surface area contributed by atoms with Gasteiger partial charge in [-0.1, -0.05) is 64.5 Å². The van der Waals surface area contributed by atoms with Gasteiger partial charge in [0.2, 0.25) is 5.95 Å². The molecule has 0 aromatic carbocycles. The monoisotopic (exact) mass is 482 g/mol. The maximum atomic E-state index is 12.8. The van der Waals surface area contributed by atoms with E-state index in [4.69, 9.17) is 11.6 Å². The van der Waals surface area contributed by atoms with Gasteiger partial charge in [0.25, 0.3) is 0 Å². The van der Waals surface area contributed by atoms with Gasteiger partial charge in [0, 0.05) is 54.6 Å². The van der Waals surface area contributed by atoms with Crippen LogP contribution in [-0.2, 0) is 0 Å². The molecule has 0 amide bonds. The lowest BCUT2D eigenvalue weighted by Crippen LogP contribution is -2.36. The van der Waals surface area contributed by atoms with Crippen molar-refractivity contribution in [3.63, 3.8) is 0 Å². The fourth-order valence-corrected chi connectivity index (χ4v) is 3.77. The second-order valence-electron chi connectivity index (χ2n) is 8.15. The highest BCUT2D eigenvalue weighted by Crippen LogP contribution is 2.40. The van der Waals surface area contributed by atoms with Gasteiger partial charge in [-0.15, -0.1) is 0 Å². The number of hydrogen-bond donors (Lipinski definition) is 4. The summed E-state index contributed by atoms with van der Waals surface area (Å²) < 4.78 is 12.8. The van der Waals surface area contributed by atoms with E-state index in [2.05, 4.69) is 46.9 Å². The molecule has 2 heterocycles. The number of hydrogen-bond acceptors (Lipinski definition) is 6. The van der Waals surface area contributed by atoms with Crippen molar-refractivity contribution in [2.45, 2.75) is 57.9 Å². The largest absolute Gasteiger partial charge is 0.403 e. The van der Waals surface area contributed by atoms with E-state index in [1.807, 2.05) is 32.1 Å². The van der Waals surface area contributed by atoms with Crippen molar-refractivity contribution in [1.29, 1.82) is 0 Å². The van der Waals surface area contributed by atoms with Crippen molar-refractivity contribution in [2.24, 2.45) is 11.6 Å². The molecule has 3 rings (SSSR count). The summed E-state index contributed by atoms with van der Waals surface area (Å²) in [6, 6.07) is 3.84. The summed E-state index contributed by atoms with van der Waals surface area (Å²) >= 11 is 0. The molecule has 2 aliphatic rings. The van der Waals surface area contributed by atoms with Crippen molar-refractivity contribution >= 4 is 0 Å². The molecule has 1 aliphatic carbocycles. The lowest BCUT2D eigenvalue weighted by Gasteiger charge is -2.31. The van der Waals surface area contributed by atoms with E-state index in [0.29, 0.717) is 18.9 Å². The number of rotatable bonds is 11. The topological polar surface area (TPSA) is 92.2 Å². The Bertz CT molecular complexity index is 900. The molecule has 6 nitrogen and oxygen atoms in total. The van der Waals surface area contributed by atoms with Gasteiger partial charge in [0.15, 0.2) is 0 Å². The van der Waals surface area contributed by atoms with Crippen LogP contribution in [0.3, 0.4) is 0 Å². The molecule has 2 fully saturated rings. The zero-order valence-electron chi connectivity index (χ0n) is 21.4. The summed E-state index contributed by atoms with van der Waals surface area (Å²) in [5.41, 5.74) is 12.7. The fraction of sp³-hybridized carbons (Fsp3) is 0.393. The third kappa shape index (κ3) is 9.83. The first-order valence-corrected chi connectivity index (χ1v) is 12.2. The summed E-state index contributed by atoms with van der Waals surface area (Å²) in [4.78, 5) is 5.84. The highest BCUT2D eigenvalue weighted by Gasteiger charge is 2.28. The molecule has 0 bridgehead atoms. The Morgan fingerprint density at radius 1 is 1.26 bits per heavy atom. The van der Waals surface area contributed by atoms with Crippen LogP contribution in [0.1, 0.15) is 57.4 Å². The number of hydrazine groups is 1. The van der Waals surface area contributed by atoms with Crippen LogP contribution in [0.4, 0.5) is 4.39 Å². The van der Waals surface area contributed by atoms with Gasteiger partial charge in [0.05, 0.1) is 6.04 Å². The first kappa shape index (κ1) is 29.7. The molecule has 35 heavy (non-hydrogen) atoms. The molecular formula is C28H43FN6. The van der Waals surface area contributed by atoms with E-state index in [-0.39, 0.29) is 12.0 Å². The van der Waals surface area contributed by atoms with Gasteiger partial charge >= 0.3 is 0 Å². The van der Waals surface area contributed by atoms with Crippen LogP contribution in [0.25, 0.3) is 0 Å². The van der Waals surface area contributed by atoms with Crippen molar-refractivity contribution in [3.8, 4) is 0 Å². The van der Waals surface area contributed by atoms with Gasteiger partial charge in [-0.2, -0.15) is 4.39 Å². The van der Waals surface area contributed by atoms with Crippen molar-refractivity contribution in [3.05, 3.63) is 103 Å². The molecule has 7 heteroatoms. The van der Waals surface area contributed by atoms with Crippen LogP contribution in [0, 0.1) is 5.95 Å². The number of nitrogens with two attached hydrogens (primary N) is 2. The van der Waals surface area contributed by atoms with Crippen LogP contribution in [0.2, 0.25) is 0 Å². The predicted octanol–water partition coefficient (Wildman–Crippen LogP) is 5.14. The van der Waals surface area contributed by atoms with E-state index in [9.17, 15) is 4.39 Å². The SMILES string of the molecule is C=C/C=C(\C=C)CNC(=C)C1CCCN1C(=C)C/C(=C/N)NN.CC.Fc1ncccc1C1CC1. The number of aromatic nitrogens is 1. The van der Waals surface area contributed by atoms with Gasteiger partial charge in [-0.25, -0.2) is 4.98 Å². The molecular weight excluding hydrogens is 439 g/mol. The molecule has 6 N–H and O–H groups in total. The summed E-state index contributed by atoms with van der Waals surface area (Å²) in [7, 11) is 0. The van der Waals surface area contributed by atoms with Crippen LogP contribution in [0.5, 0.6) is 0 Å². The molecule has 1 aliphatic heterocycles. The molecule has 1 saturated carbocycles. The number of pyridine rings is 1. The first-order chi connectivity index (χ1) is 16.9. The van der Waals surface area contributed by atoms with E-state index < -0.39 is 0 Å². The minimum absolute atomic E-state index is 0.231. The summed E-state index contributed by atoms with van der Waals surface area (Å²) in [5, 5.41) is 3.38. The van der Waals surface area contributed by atoms with Crippen LogP contribution in [-0.4, -0.2) is 29.0 Å². The van der Waals surface area contributed by atoms with Gasteiger partial charge in [-0.05, 0) is 43.2 Å². The minimum atomic E-state index is -0.287. The fourth-order valence-electron chi connectivity index (χ4n) is 3.77. The van der Waals surface area contributed by atoms with Crippen LogP contribution >= 0.6 is 0 Å². The molecule has 1 atom stereocenters.